The molecule has 1 amide bonds. The summed E-state index contributed by atoms with van der Waals surface area (Å²) >= 11 is 3.16. The number of fused-ring (bicyclic) bond motifs is 1. The molecule has 0 unspecified atom stereocenters. The summed E-state index contributed by atoms with van der Waals surface area (Å²) in [4.78, 5) is 27.4. The van der Waals surface area contributed by atoms with Crippen LogP contribution in [0.5, 0.6) is 0 Å². The molecule has 1 saturated heterocycles. The molecule has 0 N–H and O–H groups in total. The molecule has 1 fully saturated rings. The van der Waals surface area contributed by atoms with Gasteiger partial charge in [0.2, 0.25) is 5.91 Å². The van der Waals surface area contributed by atoms with Crippen molar-refractivity contribution >= 4 is 39.9 Å². The fraction of sp³-hybridized carbons (Fsp3) is 0.381. The first-order chi connectivity index (χ1) is 14.2. The van der Waals surface area contributed by atoms with Gasteiger partial charge >= 0.3 is 0 Å². The number of ether oxygens (including phenoxy) is 1. The molecule has 0 atom stereocenters. The van der Waals surface area contributed by atoms with Gasteiger partial charge in [0.1, 0.15) is 10.9 Å². The van der Waals surface area contributed by atoms with Gasteiger partial charge in [-0.05, 0) is 17.5 Å². The predicted octanol–water partition coefficient (Wildman–Crippen LogP) is 3.27. The number of morpholine rings is 1. The molecule has 0 aliphatic carbocycles. The molecule has 152 valence electrons. The van der Waals surface area contributed by atoms with Crippen molar-refractivity contribution in [2.45, 2.75) is 18.1 Å². The maximum absolute atomic E-state index is 12.6. The van der Waals surface area contributed by atoms with E-state index in [1.807, 2.05) is 42.8 Å². The second kappa shape index (κ2) is 9.67. The van der Waals surface area contributed by atoms with Gasteiger partial charge in [0.25, 0.3) is 0 Å². The molecule has 0 spiro atoms. The lowest BCUT2D eigenvalue weighted by molar-refractivity contribution is -0.127. The summed E-state index contributed by atoms with van der Waals surface area (Å²) in [7, 11) is 1.85. The van der Waals surface area contributed by atoms with Crippen LogP contribution >= 0.6 is 23.1 Å². The van der Waals surface area contributed by atoms with Gasteiger partial charge in [-0.15, -0.1) is 11.3 Å². The van der Waals surface area contributed by atoms with Gasteiger partial charge in [-0.25, -0.2) is 9.97 Å². The number of thiophene rings is 1. The third kappa shape index (κ3) is 5.33. The predicted molar refractivity (Wildman–Crippen MR) is 117 cm³/mol. The third-order valence-corrected chi connectivity index (χ3v) is 6.65. The molecule has 3 aromatic rings. The molecule has 0 radical (unpaired) electrons. The van der Waals surface area contributed by atoms with E-state index in [-0.39, 0.29) is 5.91 Å². The van der Waals surface area contributed by atoms with Crippen LogP contribution in [-0.2, 0) is 22.6 Å². The van der Waals surface area contributed by atoms with Crippen molar-refractivity contribution < 1.29 is 9.53 Å². The molecular weight excluding hydrogens is 404 g/mol. The minimum absolute atomic E-state index is 0.0980. The van der Waals surface area contributed by atoms with Gasteiger partial charge < -0.3 is 9.64 Å². The second-order valence-electron chi connectivity index (χ2n) is 6.97. The third-order valence-electron chi connectivity index (χ3n) is 4.81. The number of hydrogen-bond donors (Lipinski definition) is 0. The topological polar surface area (TPSA) is 58.6 Å². The lowest BCUT2D eigenvalue weighted by Crippen LogP contribution is -2.36. The van der Waals surface area contributed by atoms with Crippen LogP contribution in [-0.4, -0.2) is 64.8 Å². The Morgan fingerprint density at radius 2 is 2.03 bits per heavy atom. The van der Waals surface area contributed by atoms with E-state index in [2.05, 4.69) is 11.0 Å². The van der Waals surface area contributed by atoms with Gasteiger partial charge in [-0.1, -0.05) is 36.0 Å². The number of para-hydroxylation sites is 1. The highest BCUT2D eigenvalue weighted by Crippen LogP contribution is 2.26. The second-order valence-corrected chi connectivity index (χ2v) is 8.96. The number of thioether (sulfide) groups is 1. The van der Waals surface area contributed by atoms with Crippen molar-refractivity contribution in [2.24, 2.45) is 0 Å². The van der Waals surface area contributed by atoms with E-state index in [1.54, 1.807) is 16.2 Å². The average molecular weight is 429 g/mol. The molecular formula is C21H24N4O2S2. The zero-order valence-electron chi connectivity index (χ0n) is 16.4. The first-order valence-electron chi connectivity index (χ1n) is 9.64. The average Bonchev–Trinajstić information content (AvgIpc) is 3.25. The molecule has 1 aromatic carbocycles. The number of carbonyl (C=O) groups excluding carboxylic acids is 1. The Bertz CT molecular complexity index is 958. The van der Waals surface area contributed by atoms with Crippen LogP contribution in [0.4, 0.5) is 0 Å². The zero-order valence-corrected chi connectivity index (χ0v) is 18.0. The quantitative estimate of drug-likeness (QED) is 0.425. The summed E-state index contributed by atoms with van der Waals surface area (Å²) in [5.41, 5.74) is 0.924. The number of hydrogen-bond acceptors (Lipinski definition) is 7. The van der Waals surface area contributed by atoms with Crippen molar-refractivity contribution in [1.82, 2.24) is 19.8 Å². The molecule has 6 nitrogen and oxygen atoms in total. The van der Waals surface area contributed by atoms with E-state index in [4.69, 9.17) is 14.7 Å². The number of benzene rings is 1. The van der Waals surface area contributed by atoms with E-state index < -0.39 is 0 Å². The molecule has 1 aliphatic heterocycles. The molecule has 0 bridgehead atoms. The van der Waals surface area contributed by atoms with Crippen molar-refractivity contribution in [3.63, 3.8) is 0 Å². The van der Waals surface area contributed by atoms with Crippen LogP contribution < -0.4 is 0 Å². The van der Waals surface area contributed by atoms with E-state index in [0.717, 1.165) is 48.1 Å². The highest BCUT2D eigenvalue weighted by atomic mass is 32.2. The highest BCUT2D eigenvalue weighted by molar-refractivity contribution is 8.00. The molecule has 4 rings (SSSR count). The summed E-state index contributed by atoms with van der Waals surface area (Å²) in [5.74, 6) is 1.26. The smallest absolute Gasteiger partial charge is 0.233 e. The molecule has 3 heterocycles. The van der Waals surface area contributed by atoms with Gasteiger partial charge in [0.15, 0.2) is 0 Å². The summed E-state index contributed by atoms with van der Waals surface area (Å²) < 4.78 is 5.43. The van der Waals surface area contributed by atoms with Crippen molar-refractivity contribution in [2.75, 3.05) is 39.1 Å². The Morgan fingerprint density at radius 1 is 1.21 bits per heavy atom. The molecule has 0 saturated carbocycles. The Hall–Kier alpha value is -2.00. The Balaban J connectivity index is 1.47. The summed E-state index contributed by atoms with van der Waals surface area (Å²) in [6.45, 7) is 4.63. The van der Waals surface area contributed by atoms with Crippen molar-refractivity contribution in [3.8, 4) is 0 Å². The summed E-state index contributed by atoms with van der Waals surface area (Å²) in [6.07, 6.45) is 0. The van der Waals surface area contributed by atoms with Crippen LogP contribution in [0.15, 0.2) is 46.8 Å². The largest absolute Gasteiger partial charge is 0.379 e. The van der Waals surface area contributed by atoms with Crippen LogP contribution in [0.3, 0.4) is 0 Å². The van der Waals surface area contributed by atoms with Crippen molar-refractivity contribution in [3.05, 3.63) is 52.5 Å². The fourth-order valence-electron chi connectivity index (χ4n) is 3.20. The Kier molecular flexibility index (Phi) is 6.76. The summed E-state index contributed by atoms with van der Waals surface area (Å²) in [6, 6.07) is 12.1. The Morgan fingerprint density at radius 3 is 2.83 bits per heavy atom. The van der Waals surface area contributed by atoms with E-state index in [9.17, 15) is 4.79 Å². The monoisotopic (exact) mass is 428 g/mol. The van der Waals surface area contributed by atoms with E-state index >= 15 is 0 Å². The Labute approximate surface area is 178 Å². The fourth-order valence-corrected chi connectivity index (χ4v) is 4.93. The standard InChI is InChI=1S/C21H24N4O2S2/c1-24(13-16-5-4-12-28-16)20(26)15-29-21-17-6-2-3-7-18(17)22-19(23-21)14-25-8-10-27-11-9-25/h2-7,12H,8-11,13-15H2,1H3. The number of nitrogens with zero attached hydrogens (tertiary/aromatic N) is 4. The number of rotatable bonds is 7. The van der Waals surface area contributed by atoms with E-state index in [1.165, 1.54) is 16.6 Å². The van der Waals surface area contributed by atoms with Crippen molar-refractivity contribution in [1.29, 1.82) is 0 Å². The van der Waals surface area contributed by atoms with Crippen LogP contribution in [0, 0.1) is 0 Å². The van der Waals surface area contributed by atoms with Crippen LogP contribution in [0.2, 0.25) is 0 Å². The molecule has 2 aromatic heterocycles. The zero-order chi connectivity index (χ0) is 20.1. The van der Waals surface area contributed by atoms with Crippen LogP contribution in [0.1, 0.15) is 10.7 Å². The van der Waals surface area contributed by atoms with Gasteiger partial charge in [0, 0.05) is 30.4 Å². The minimum Gasteiger partial charge on any atom is -0.379 e. The maximum Gasteiger partial charge on any atom is 0.233 e. The van der Waals surface area contributed by atoms with E-state index in [0.29, 0.717) is 18.8 Å². The lowest BCUT2D eigenvalue weighted by atomic mass is 10.2. The van der Waals surface area contributed by atoms with Crippen LogP contribution in [0.25, 0.3) is 10.9 Å². The normalized spacial score (nSPS) is 14.9. The van der Waals surface area contributed by atoms with Gasteiger partial charge in [0.05, 0.1) is 37.6 Å². The molecule has 29 heavy (non-hydrogen) atoms. The lowest BCUT2D eigenvalue weighted by Gasteiger charge is -2.26. The molecule has 1 aliphatic rings. The highest BCUT2D eigenvalue weighted by Gasteiger charge is 2.16. The maximum atomic E-state index is 12.6. The van der Waals surface area contributed by atoms with Gasteiger partial charge in [-0.2, -0.15) is 0 Å². The first kappa shape index (κ1) is 20.3. The minimum atomic E-state index is 0.0980. The SMILES string of the molecule is CN(Cc1cccs1)C(=O)CSc1nc(CN2CCOCC2)nc2ccccc12. The number of carbonyl (C=O) groups is 1. The first-order valence-corrected chi connectivity index (χ1v) is 11.5. The number of aromatic nitrogens is 2. The molecule has 8 heteroatoms. The summed E-state index contributed by atoms with van der Waals surface area (Å²) in [5, 5.41) is 3.90. The van der Waals surface area contributed by atoms with Gasteiger partial charge in [-0.3, -0.25) is 9.69 Å². The number of amides is 1.